The molecule has 22 heavy (non-hydrogen) atoms. The zero-order valence-corrected chi connectivity index (χ0v) is 14.7. The fraction of sp³-hybridized carbons (Fsp3) is 0.533. The second-order valence-corrected chi connectivity index (χ2v) is 7.04. The normalized spacial score (nSPS) is 12.5. The smallest absolute Gasteiger partial charge is 0.326 e. The van der Waals surface area contributed by atoms with Crippen LogP contribution >= 0.6 is 23.1 Å². The van der Waals surface area contributed by atoms with Crippen molar-refractivity contribution in [3.8, 4) is 0 Å². The molecule has 5 nitrogen and oxygen atoms in total. The third-order valence-electron chi connectivity index (χ3n) is 3.37. The molecule has 0 bridgehead atoms. The van der Waals surface area contributed by atoms with Crippen LogP contribution in [0.2, 0.25) is 0 Å². The molecule has 0 spiro atoms. The average Bonchev–Trinajstić information content (AvgIpc) is 2.93. The van der Waals surface area contributed by atoms with Gasteiger partial charge in [0.1, 0.15) is 22.5 Å². The van der Waals surface area contributed by atoms with Gasteiger partial charge < -0.3 is 10.4 Å². The van der Waals surface area contributed by atoms with E-state index in [1.165, 1.54) is 4.88 Å². The van der Waals surface area contributed by atoms with Crippen molar-refractivity contribution in [1.82, 2.24) is 9.97 Å². The molecule has 0 aliphatic carbocycles. The molecule has 0 saturated heterocycles. The van der Waals surface area contributed by atoms with Crippen molar-refractivity contribution in [2.45, 2.75) is 39.2 Å². The molecule has 2 rings (SSSR count). The first-order chi connectivity index (χ1) is 10.6. The lowest BCUT2D eigenvalue weighted by atomic mass is 10.2. The summed E-state index contributed by atoms with van der Waals surface area (Å²) in [6.45, 7) is 4.10. The molecule has 0 amide bonds. The van der Waals surface area contributed by atoms with E-state index in [4.69, 9.17) is 0 Å². The number of nitrogens with one attached hydrogen (secondary N) is 1. The lowest BCUT2D eigenvalue weighted by molar-refractivity contribution is -0.137. The quantitative estimate of drug-likeness (QED) is 0.767. The molecule has 2 aromatic heterocycles. The van der Waals surface area contributed by atoms with Gasteiger partial charge in [-0.1, -0.05) is 13.8 Å². The van der Waals surface area contributed by atoms with E-state index in [2.05, 4.69) is 28.3 Å². The lowest BCUT2D eigenvalue weighted by Gasteiger charge is -2.15. The predicted octanol–water partition coefficient (Wildman–Crippen LogP) is 3.43. The van der Waals surface area contributed by atoms with E-state index in [-0.39, 0.29) is 0 Å². The fourth-order valence-electron chi connectivity index (χ4n) is 2.12. The second-order valence-electron chi connectivity index (χ2n) is 4.94. The van der Waals surface area contributed by atoms with Crippen LogP contribution in [0, 0.1) is 0 Å². The predicted molar refractivity (Wildman–Crippen MR) is 94.2 cm³/mol. The molecule has 2 aromatic rings. The maximum absolute atomic E-state index is 11.4. The summed E-state index contributed by atoms with van der Waals surface area (Å²) in [5.41, 5.74) is 0. The number of carboxylic acids is 1. The Kier molecular flexibility index (Phi) is 6.02. The summed E-state index contributed by atoms with van der Waals surface area (Å²) in [7, 11) is 0. The number of nitrogens with zero attached hydrogens (tertiary/aromatic N) is 2. The second kappa shape index (κ2) is 7.78. The minimum Gasteiger partial charge on any atom is -0.480 e. The van der Waals surface area contributed by atoms with Crippen LogP contribution in [0.3, 0.4) is 0 Å². The van der Waals surface area contributed by atoms with Crippen LogP contribution in [-0.2, 0) is 17.6 Å². The highest BCUT2D eigenvalue weighted by Gasteiger charge is 2.20. The van der Waals surface area contributed by atoms with Crippen molar-refractivity contribution in [2.75, 3.05) is 17.3 Å². The number of thioether (sulfide) groups is 1. The van der Waals surface area contributed by atoms with Gasteiger partial charge in [-0.05, 0) is 30.9 Å². The first kappa shape index (κ1) is 17.0. The number of aliphatic carboxylic acids is 1. The summed E-state index contributed by atoms with van der Waals surface area (Å²) < 4.78 is 0. The van der Waals surface area contributed by atoms with Gasteiger partial charge in [-0.3, -0.25) is 0 Å². The van der Waals surface area contributed by atoms with Gasteiger partial charge in [0, 0.05) is 11.3 Å². The molecule has 0 unspecified atom stereocenters. The third-order valence-corrected chi connectivity index (χ3v) is 5.19. The summed E-state index contributed by atoms with van der Waals surface area (Å²) in [6, 6.07) is 1.44. The van der Waals surface area contributed by atoms with Crippen LogP contribution in [0.4, 0.5) is 5.82 Å². The van der Waals surface area contributed by atoms with E-state index in [0.29, 0.717) is 12.2 Å². The SMILES string of the molecule is CCc1nc(N[C@@H](CCSC)C(=O)O)c2cc(CC)sc2n1. The van der Waals surface area contributed by atoms with Crippen LogP contribution in [0.15, 0.2) is 6.07 Å². The molecule has 0 saturated carbocycles. The summed E-state index contributed by atoms with van der Waals surface area (Å²) in [4.78, 5) is 22.7. The Morgan fingerprint density at radius 2 is 2.18 bits per heavy atom. The van der Waals surface area contributed by atoms with Gasteiger partial charge in [0.25, 0.3) is 0 Å². The zero-order valence-electron chi connectivity index (χ0n) is 13.0. The number of aromatic nitrogens is 2. The first-order valence-electron chi connectivity index (χ1n) is 7.36. The number of hydrogen-bond acceptors (Lipinski definition) is 6. The van der Waals surface area contributed by atoms with E-state index in [0.717, 1.165) is 34.6 Å². The van der Waals surface area contributed by atoms with Crippen molar-refractivity contribution in [2.24, 2.45) is 0 Å². The highest BCUT2D eigenvalue weighted by molar-refractivity contribution is 7.98. The van der Waals surface area contributed by atoms with Crippen molar-refractivity contribution in [3.05, 3.63) is 16.8 Å². The molecule has 7 heteroatoms. The summed E-state index contributed by atoms with van der Waals surface area (Å²) in [5, 5.41) is 13.4. The maximum atomic E-state index is 11.4. The highest BCUT2D eigenvalue weighted by atomic mass is 32.2. The topological polar surface area (TPSA) is 75.1 Å². The molecule has 0 aliphatic rings. The van der Waals surface area contributed by atoms with Gasteiger partial charge in [0.2, 0.25) is 0 Å². The largest absolute Gasteiger partial charge is 0.480 e. The van der Waals surface area contributed by atoms with Gasteiger partial charge in [-0.25, -0.2) is 14.8 Å². The number of anilines is 1. The Labute approximate surface area is 138 Å². The Hall–Kier alpha value is -1.34. The Balaban J connectivity index is 2.38. The molecule has 0 aromatic carbocycles. The summed E-state index contributed by atoms with van der Waals surface area (Å²) in [6.07, 6.45) is 4.21. The number of fused-ring (bicyclic) bond motifs is 1. The Morgan fingerprint density at radius 3 is 2.77 bits per heavy atom. The number of hydrogen-bond donors (Lipinski definition) is 2. The van der Waals surface area contributed by atoms with Crippen molar-refractivity contribution in [3.63, 3.8) is 0 Å². The van der Waals surface area contributed by atoms with Crippen molar-refractivity contribution >= 4 is 45.1 Å². The fourth-order valence-corrected chi connectivity index (χ4v) is 3.57. The molecule has 1 atom stereocenters. The zero-order chi connectivity index (χ0) is 16.1. The maximum Gasteiger partial charge on any atom is 0.326 e. The van der Waals surface area contributed by atoms with Gasteiger partial charge in [-0.2, -0.15) is 11.8 Å². The third kappa shape index (κ3) is 3.89. The molecular weight excluding hydrogens is 318 g/mol. The highest BCUT2D eigenvalue weighted by Crippen LogP contribution is 2.30. The number of carboxylic acid groups (broad SMARTS) is 1. The van der Waals surface area contributed by atoms with Gasteiger partial charge in [0.15, 0.2) is 0 Å². The van der Waals surface area contributed by atoms with Crippen molar-refractivity contribution < 1.29 is 9.90 Å². The number of aryl methyl sites for hydroxylation is 2. The van der Waals surface area contributed by atoms with Crippen LogP contribution in [-0.4, -0.2) is 39.1 Å². The molecule has 0 fully saturated rings. The van der Waals surface area contributed by atoms with Crippen molar-refractivity contribution in [1.29, 1.82) is 0 Å². The average molecular weight is 339 g/mol. The van der Waals surface area contributed by atoms with Crippen LogP contribution in [0.1, 0.15) is 31.0 Å². The van der Waals surface area contributed by atoms with E-state index in [1.54, 1.807) is 23.1 Å². The van der Waals surface area contributed by atoms with Crippen LogP contribution in [0.5, 0.6) is 0 Å². The summed E-state index contributed by atoms with van der Waals surface area (Å²) >= 11 is 3.29. The number of rotatable bonds is 8. The lowest BCUT2D eigenvalue weighted by Crippen LogP contribution is -2.30. The molecule has 120 valence electrons. The first-order valence-corrected chi connectivity index (χ1v) is 9.57. The number of carbonyl (C=O) groups is 1. The van der Waals surface area contributed by atoms with E-state index < -0.39 is 12.0 Å². The monoisotopic (exact) mass is 339 g/mol. The Bertz CT molecular complexity index is 658. The van der Waals surface area contributed by atoms with E-state index in [9.17, 15) is 9.90 Å². The molecular formula is C15H21N3O2S2. The molecule has 2 heterocycles. The minimum atomic E-state index is -0.843. The summed E-state index contributed by atoms with van der Waals surface area (Å²) in [5.74, 6) is 1.34. The number of thiophene rings is 1. The standard InChI is InChI=1S/C15H21N3O2S2/c1-4-9-8-10-13(16-11(15(19)20)6-7-21-3)17-12(5-2)18-14(10)22-9/h8,11H,4-7H2,1-3H3,(H,19,20)(H,16,17,18)/t11-/m0/s1. The van der Waals surface area contributed by atoms with Gasteiger partial charge in [-0.15, -0.1) is 11.3 Å². The van der Waals surface area contributed by atoms with Gasteiger partial charge in [0.05, 0.1) is 5.39 Å². The molecule has 2 N–H and O–H groups in total. The van der Waals surface area contributed by atoms with E-state index >= 15 is 0 Å². The van der Waals surface area contributed by atoms with E-state index in [1.807, 2.05) is 13.2 Å². The van der Waals surface area contributed by atoms with Gasteiger partial charge >= 0.3 is 5.97 Å². The van der Waals surface area contributed by atoms with Crippen LogP contribution < -0.4 is 5.32 Å². The van der Waals surface area contributed by atoms with Crippen LogP contribution in [0.25, 0.3) is 10.2 Å². The Morgan fingerprint density at radius 1 is 1.41 bits per heavy atom. The molecule has 0 radical (unpaired) electrons. The molecule has 0 aliphatic heterocycles. The minimum absolute atomic E-state index is 0.564.